The largest absolute Gasteiger partial charge is 0.504 e. The monoisotopic (exact) mass is 545 g/mol. The number of halogens is 2. The molecule has 0 radical (unpaired) electrons. The molecule has 36 heavy (non-hydrogen) atoms. The fourth-order valence-corrected chi connectivity index (χ4v) is 4.69. The highest BCUT2D eigenvalue weighted by atomic mass is 35.5. The van der Waals surface area contributed by atoms with Crippen molar-refractivity contribution in [1.82, 2.24) is 0 Å². The topological polar surface area (TPSA) is 126 Å². The number of thioether (sulfide) groups is 1. The number of esters is 1. The van der Waals surface area contributed by atoms with E-state index in [1.807, 2.05) is 0 Å². The Hall–Kier alpha value is -3.66. The van der Waals surface area contributed by atoms with E-state index in [0.29, 0.717) is 26.0 Å². The third kappa shape index (κ3) is 6.12. The molecule has 0 saturated heterocycles. The molecule has 0 bridgehead atoms. The predicted octanol–water partition coefficient (Wildman–Crippen LogP) is 5.60. The number of benzene rings is 3. The smallest absolute Gasteiger partial charge is 0.339 e. The van der Waals surface area contributed by atoms with E-state index in [4.69, 9.17) is 32.4 Å². The van der Waals surface area contributed by atoms with Gasteiger partial charge in [-0.1, -0.05) is 35.3 Å². The van der Waals surface area contributed by atoms with E-state index in [1.165, 1.54) is 6.07 Å². The van der Waals surface area contributed by atoms with Gasteiger partial charge in [-0.2, -0.15) is 0 Å². The zero-order valence-corrected chi connectivity index (χ0v) is 20.6. The fraction of sp³-hybridized carbons (Fsp3) is 0.0800. The molecule has 4 rings (SSSR count). The summed E-state index contributed by atoms with van der Waals surface area (Å²) in [5, 5.41) is 23.2. The number of carbonyl (C=O) groups is 2. The minimum absolute atomic E-state index is 0.00155. The number of phenolic OH excluding ortho intramolecular Hbond substituents is 2. The first-order valence-electron chi connectivity index (χ1n) is 10.3. The number of ether oxygens (including phenoxy) is 1. The normalized spacial score (nSPS) is 10.8. The van der Waals surface area contributed by atoms with Crippen molar-refractivity contribution >= 4 is 63.5 Å². The lowest BCUT2D eigenvalue weighted by atomic mass is 10.1. The number of carbonyl (C=O) groups excluding carboxylic acids is 2. The van der Waals surface area contributed by atoms with Crippen molar-refractivity contribution < 1.29 is 29.0 Å². The van der Waals surface area contributed by atoms with Gasteiger partial charge in [-0.15, -0.1) is 11.8 Å². The number of amides is 1. The van der Waals surface area contributed by atoms with Crippen LogP contribution in [0.2, 0.25) is 10.0 Å². The van der Waals surface area contributed by atoms with Crippen LogP contribution < -0.4 is 10.9 Å². The lowest BCUT2D eigenvalue weighted by Crippen LogP contribution is -2.14. The van der Waals surface area contributed by atoms with Crippen molar-refractivity contribution in [1.29, 1.82) is 0 Å². The molecule has 0 fully saturated rings. The summed E-state index contributed by atoms with van der Waals surface area (Å²) in [6.45, 7) is -0.292. The Morgan fingerprint density at radius 1 is 0.972 bits per heavy atom. The van der Waals surface area contributed by atoms with Crippen molar-refractivity contribution in [2.45, 2.75) is 11.5 Å². The maximum atomic E-state index is 12.8. The van der Waals surface area contributed by atoms with Crippen molar-refractivity contribution in [3.8, 4) is 11.5 Å². The van der Waals surface area contributed by atoms with Gasteiger partial charge in [0.2, 0.25) is 5.91 Å². The SMILES string of the molecule is O=C(CSc1ccccc1C(=O)OCc1cc(=O)oc2cc(O)c(O)cc12)Nc1cc(Cl)cc(Cl)c1. The fourth-order valence-electron chi connectivity index (χ4n) is 3.32. The van der Waals surface area contributed by atoms with Gasteiger partial charge in [-0.3, -0.25) is 4.79 Å². The van der Waals surface area contributed by atoms with Crippen LogP contribution >= 0.6 is 35.0 Å². The first-order valence-corrected chi connectivity index (χ1v) is 12.1. The maximum Gasteiger partial charge on any atom is 0.339 e. The van der Waals surface area contributed by atoms with E-state index in [1.54, 1.807) is 42.5 Å². The second-order valence-corrected chi connectivity index (χ2v) is 9.39. The number of hydrogen-bond acceptors (Lipinski definition) is 8. The Labute approximate surface area is 218 Å². The number of nitrogens with one attached hydrogen (secondary N) is 1. The molecule has 0 unspecified atom stereocenters. The van der Waals surface area contributed by atoms with Gasteiger partial charge in [0, 0.05) is 43.7 Å². The highest BCUT2D eigenvalue weighted by Gasteiger charge is 2.17. The molecule has 3 aromatic carbocycles. The Morgan fingerprint density at radius 3 is 2.42 bits per heavy atom. The lowest BCUT2D eigenvalue weighted by Gasteiger charge is -2.11. The highest BCUT2D eigenvalue weighted by Crippen LogP contribution is 2.32. The van der Waals surface area contributed by atoms with Crippen LogP contribution in [0.3, 0.4) is 0 Å². The number of rotatable bonds is 7. The lowest BCUT2D eigenvalue weighted by molar-refractivity contribution is -0.113. The molecule has 1 aromatic heterocycles. The first kappa shape index (κ1) is 25.4. The zero-order valence-electron chi connectivity index (χ0n) is 18.3. The molecule has 0 aliphatic carbocycles. The van der Waals surface area contributed by atoms with Crippen LogP contribution in [-0.4, -0.2) is 27.8 Å². The zero-order chi connectivity index (χ0) is 25.8. The van der Waals surface area contributed by atoms with E-state index in [0.717, 1.165) is 23.9 Å². The molecule has 0 saturated carbocycles. The van der Waals surface area contributed by atoms with Gasteiger partial charge in [0.05, 0.1) is 11.3 Å². The van der Waals surface area contributed by atoms with Crippen molar-refractivity contribution in [3.05, 3.63) is 92.3 Å². The average molecular weight is 546 g/mol. The first-order chi connectivity index (χ1) is 17.2. The van der Waals surface area contributed by atoms with E-state index in [9.17, 15) is 24.6 Å². The Kier molecular flexibility index (Phi) is 7.73. The minimum Gasteiger partial charge on any atom is -0.504 e. The van der Waals surface area contributed by atoms with Crippen molar-refractivity contribution in [3.63, 3.8) is 0 Å². The second kappa shape index (κ2) is 10.9. The van der Waals surface area contributed by atoms with E-state index in [2.05, 4.69) is 5.32 Å². The molecule has 0 atom stereocenters. The maximum absolute atomic E-state index is 12.8. The van der Waals surface area contributed by atoms with Crippen molar-refractivity contribution in [2.75, 3.05) is 11.1 Å². The molecular weight excluding hydrogens is 529 g/mol. The summed E-state index contributed by atoms with van der Waals surface area (Å²) in [5.41, 5.74) is 0.293. The van der Waals surface area contributed by atoms with Crippen LogP contribution in [0, 0.1) is 0 Å². The molecule has 1 amide bonds. The van der Waals surface area contributed by atoms with Gasteiger partial charge in [0.25, 0.3) is 0 Å². The van der Waals surface area contributed by atoms with Gasteiger partial charge in [0.1, 0.15) is 12.2 Å². The average Bonchev–Trinajstić information content (AvgIpc) is 2.81. The molecule has 184 valence electrons. The van der Waals surface area contributed by atoms with Crippen LogP contribution in [0.5, 0.6) is 11.5 Å². The summed E-state index contributed by atoms with van der Waals surface area (Å²) in [4.78, 5) is 37.6. The van der Waals surface area contributed by atoms with Gasteiger partial charge in [-0.05, 0) is 36.4 Å². The summed E-state index contributed by atoms with van der Waals surface area (Å²) in [7, 11) is 0. The summed E-state index contributed by atoms with van der Waals surface area (Å²) in [6.07, 6.45) is 0. The van der Waals surface area contributed by atoms with Gasteiger partial charge in [-0.25, -0.2) is 9.59 Å². The predicted molar refractivity (Wildman–Crippen MR) is 137 cm³/mol. The molecule has 4 aromatic rings. The molecular formula is C25H17Cl2NO7S. The van der Waals surface area contributed by atoms with Crippen LogP contribution in [0.1, 0.15) is 15.9 Å². The molecule has 3 N–H and O–H groups in total. The Balaban J connectivity index is 1.45. The summed E-state index contributed by atoms with van der Waals surface area (Å²) in [5.74, 6) is -1.87. The van der Waals surface area contributed by atoms with Gasteiger partial charge >= 0.3 is 11.6 Å². The molecule has 0 aliphatic heterocycles. The summed E-state index contributed by atoms with van der Waals surface area (Å²) < 4.78 is 10.4. The molecule has 11 heteroatoms. The van der Waals surface area contributed by atoms with Crippen LogP contribution in [0.25, 0.3) is 11.0 Å². The quantitative estimate of drug-likeness (QED) is 0.118. The van der Waals surface area contributed by atoms with Crippen LogP contribution in [0.15, 0.2) is 74.8 Å². The van der Waals surface area contributed by atoms with E-state index >= 15 is 0 Å². The number of anilines is 1. The van der Waals surface area contributed by atoms with Gasteiger partial charge in [0.15, 0.2) is 11.5 Å². The van der Waals surface area contributed by atoms with Crippen LogP contribution in [0.4, 0.5) is 5.69 Å². The number of aromatic hydroxyl groups is 2. The van der Waals surface area contributed by atoms with Gasteiger partial charge < -0.3 is 24.7 Å². The summed E-state index contributed by atoms with van der Waals surface area (Å²) >= 11 is 13.0. The minimum atomic E-state index is -0.707. The van der Waals surface area contributed by atoms with E-state index in [-0.39, 0.29) is 35.0 Å². The summed E-state index contributed by atoms with van der Waals surface area (Å²) in [6, 6.07) is 14.7. The van der Waals surface area contributed by atoms with Crippen molar-refractivity contribution in [2.24, 2.45) is 0 Å². The highest BCUT2D eigenvalue weighted by molar-refractivity contribution is 8.00. The molecule has 8 nitrogen and oxygen atoms in total. The number of hydrogen-bond donors (Lipinski definition) is 3. The van der Waals surface area contributed by atoms with E-state index < -0.39 is 23.1 Å². The third-order valence-corrected chi connectivity index (χ3v) is 6.41. The molecule has 1 heterocycles. The second-order valence-electron chi connectivity index (χ2n) is 7.50. The Bertz CT molecular complexity index is 1520. The molecule has 0 spiro atoms. The van der Waals surface area contributed by atoms with Crippen LogP contribution in [-0.2, 0) is 16.1 Å². The molecule has 0 aliphatic rings. The standard InChI is InChI=1S/C25H17Cl2NO7S/c26-14-6-15(27)8-16(7-14)28-23(31)12-36-22-4-2-1-3-17(22)25(33)34-11-13-5-24(32)35-21-10-20(30)19(29)9-18(13)21/h1-10,29-30H,11-12H2,(H,28,31). The number of fused-ring (bicyclic) bond motifs is 1. The third-order valence-electron chi connectivity index (χ3n) is 4.90. The number of phenols is 2. The Morgan fingerprint density at radius 2 is 1.67 bits per heavy atom.